The maximum absolute atomic E-state index is 14.1. The fourth-order valence-corrected chi connectivity index (χ4v) is 4.40. The van der Waals surface area contributed by atoms with E-state index in [-0.39, 0.29) is 41.9 Å². The molecule has 0 radical (unpaired) electrons. The maximum Gasteiger partial charge on any atom is 0.191 e. The summed E-state index contributed by atoms with van der Waals surface area (Å²) >= 11 is 0. The molecule has 2 aliphatic rings. The molecule has 180 valence electrons. The van der Waals surface area contributed by atoms with Gasteiger partial charge in [0.25, 0.3) is 0 Å². The average molecular weight is 568 g/mol. The van der Waals surface area contributed by atoms with Crippen LogP contribution < -0.4 is 15.5 Å². The van der Waals surface area contributed by atoms with Crippen LogP contribution in [0.15, 0.2) is 47.6 Å². The number of pyridine rings is 1. The van der Waals surface area contributed by atoms with Crippen LogP contribution in [0.2, 0.25) is 0 Å². The number of halogens is 2. The Hall–Kier alpha value is -1.98. The number of aryl methyl sites for hydroxylation is 1. The van der Waals surface area contributed by atoms with Crippen LogP contribution in [0.1, 0.15) is 23.6 Å². The molecule has 2 atom stereocenters. The van der Waals surface area contributed by atoms with Gasteiger partial charge in [0.05, 0.1) is 19.3 Å². The molecular formula is C24H34FIN6O. The van der Waals surface area contributed by atoms with Crippen LogP contribution in [0.4, 0.5) is 10.2 Å². The van der Waals surface area contributed by atoms with Crippen LogP contribution in [0.5, 0.6) is 0 Å². The van der Waals surface area contributed by atoms with Gasteiger partial charge >= 0.3 is 0 Å². The smallest absolute Gasteiger partial charge is 0.191 e. The van der Waals surface area contributed by atoms with Crippen molar-refractivity contribution in [3.05, 3.63) is 59.5 Å². The molecule has 0 aliphatic carbocycles. The van der Waals surface area contributed by atoms with Gasteiger partial charge in [-0.05, 0) is 31.0 Å². The third kappa shape index (κ3) is 6.77. The van der Waals surface area contributed by atoms with Gasteiger partial charge < -0.3 is 20.3 Å². The van der Waals surface area contributed by atoms with E-state index in [4.69, 9.17) is 4.74 Å². The molecule has 3 heterocycles. The highest BCUT2D eigenvalue weighted by Gasteiger charge is 2.27. The quantitative estimate of drug-likeness (QED) is 0.318. The lowest BCUT2D eigenvalue weighted by molar-refractivity contribution is 0.0170. The Balaban J connectivity index is 0.00000306. The van der Waals surface area contributed by atoms with E-state index in [2.05, 4.69) is 56.7 Å². The molecule has 9 heteroatoms. The van der Waals surface area contributed by atoms with Gasteiger partial charge in [-0.2, -0.15) is 0 Å². The molecule has 1 aromatic carbocycles. The summed E-state index contributed by atoms with van der Waals surface area (Å²) in [5.41, 5.74) is 2.55. The van der Waals surface area contributed by atoms with Crippen LogP contribution in [-0.2, 0) is 4.74 Å². The van der Waals surface area contributed by atoms with Gasteiger partial charge in [-0.25, -0.2) is 9.37 Å². The van der Waals surface area contributed by atoms with Gasteiger partial charge in [0.2, 0.25) is 0 Å². The number of benzene rings is 1. The third-order valence-electron chi connectivity index (χ3n) is 6.20. The largest absolute Gasteiger partial charge is 0.379 e. The van der Waals surface area contributed by atoms with Crippen molar-refractivity contribution in [3.8, 4) is 0 Å². The normalized spacial score (nSPS) is 20.3. The Labute approximate surface area is 212 Å². The topological polar surface area (TPSA) is 65.0 Å². The Morgan fingerprint density at radius 1 is 1.21 bits per heavy atom. The first-order valence-electron chi connectivity index (χ1n) is 11.3. The van der Waals surface area contributed by atoms with Crippen molar-refractivity contribution in [1.82, 2.24) is 20.5 Å². The van der Waals surface area contributed by atoms with Crippen LogP contribution in [0.25, 0.3) is 0 Å². The summed E-state index contributed by atoms with van der Waals surface area (Å²) in [6.07, 6.45) is 2.54. The second kappa shape index (κ2) is 12.5. The number of rotatable bonds is 6. The Kier molecular flexibility index (Phi) is 9.69. The molecule has 33 heavy (non-hydrogen) atoms. The first-order chi connectivity index (χ1) is 15.6. The van der Waals surface area contributed by atoms with E-state index in [0.717, 1.165) is 51.8 Å². The molecule has 7 nitrogen and oxygen atoms in total. The highest BCUT2D eigenvalue weighted by atomic mass is 127. The molecule has 0 spiro atoms. The van der Waals surface area contributed by atoms with Crippen LogP contribution >= 0.6 is 24.0 Å². The lowest BCUT2D eigenvalue weighted by Gasteiger charge is -2.35. The van der Waals surface area contributed by atoms with Crippen molar-refractivity contribution in [2.24, 2.45) is 4.99 Å². The number of nitrogens with zero attached hydrogens (tertiary/aromatic N) is 4. The second-order valence-electron chi connectivity index (χ2n) is 8.41. The van der Waals surface area contributed by atoms with Gasteiger partial charge in [-0.15, -0.1) is 24.0 Å². The minimum absolute atomic E-state index is 0. The van der Waals surface area contributed by atoms with Gasteiger partial charge in [0.1, 0.15) is 0 Å². The third-order valence-corrected chi connectivity index (χ3v) is 6.20. The average Bonchev–Trinajstić information content (AvgIpc) is 3.29. The van der Waals surface area contributed by atoms with Crippen LogP contribution in [0, 0.1) is 12.7 Å². The summed E-state index contributed by atoms with van der Waals surface area (Å²) in [6.45, 7) is 7.67. The number of nitrogens with one attached hydrogen (secondary N) is 2. The van der Waals surface area contributed by atoms with E-state index < -0.39 is 0 Å². The van der Waals surface area contributed by atoms with Gasteiger partial charge in [-0.1, -0.05) is 29.8 Å². The summed E-state index contributed by atoms with van der Waals surface area (Å²) in [6, 6.07) is 12.3. The van der Waals surface area contributed by atoms with Crippen molar-refractivity contribution >= 4 is 35.8 Å². The van der Waals surface area contributed by atoms with Crippen molar-refractivity contribution in [1.29, 1.82) is 0 Å². The summed E-state index contributed by atoms with van der Waals surface area (Å²) in [4.78, 5) is 13.1. The number of morpholine rings is 1. The fourth-order valence-electron chi connectivity index (χ4n) is 4.40. The number of ether oxygens (including phenoxy) is 1. The summed E-state index contributed by atoms with van der Waals surface area (Å²) in [7, 11) is 1.79. The molecule has 2 unspecified atom stereocenters. The fraction of sp³-hybridized carbons (Fsp3) is 0.500. The summed E-state index contributed by atoms with van der Waals surface area (Å²) < 4.78 is 19.7. The molecule has 1 aromatic heterocycles. The molecule has 2 saturated heterocycles. The number of hydrogen-bond acceptors (Lipinski definition) is 5. The molecule has 2 aliphatic heterocycles. The molecular weight excluding hydrogens is 534 g/mol. The standard InChI is InChI=1S/C24H33FN6O.HI/c1-18-5-7-19(8-6-18)22(30-12-14-32-15-13-30)16-28-24(26-2)29-20-9-11-31(17-20)23-21(25)4-3-10-27-23;/h3-8,10,20,22H,9,11-17H2,1-2H3,(H2,26,28,29);1H. The van der Waals surface area contributed by atoms with E-state index >= 15 is 0 Å². The minimum atomic E-state index is -0.276. The van der Waals surface area contributed by atoms with Crippen molar-refractivity contribution < 1.29 is 9.13 Å². The number of aromatic nitrogens is 1. The zero-order chi connectivity index (χ0) is 22.3. The number of anilines is 1. The molecule has 4 rings (SSSR count). The van der Waals surface area contributed by atoms with Crippen LogP contribution in [0.3, 0.4) is 0 Å². The monoisotopic (exact) mass is 568 g/mol. The number of hydrogen-bond donors (Lipinski definition) is 2. The molecule has 2 N–H and O–H groups in total. The molecule has 0 amide bonds. The Morgan fingerprint density at radius 3 is 2.67 bits per heavy atom. The first-order valence-corrected chi connectivity index (χ1v) is 11.3. The van der Waals surface area contributed by atoms with Gasteiger partial charge in [-0.3, -0.25) is 9.89 Å². The van der Waals surface area contributed by atoms with E-state index in [0.29, 0.717) is 12.4 Å². The molecule has 0 saturated carbocycles. The van der Waals surface area contributed by atoms with Crippen molar-refractivity contribution in [3.63, 3.8) is 0 Å². The lowest BCUT2D eigenvalue weighted by atomic mass is 10.0. The zero-order valence-electron chi connectivity index (χ0n) is 19.3. The van der Waals surface area contributed by atoms with E-state index in [9.17, 15) is 4.39 Å². The molecule has 2 aromatic rings. The SMILES string of the molecule is CN=C(NCC(c1ccc(C)cc1)N1CCOCC1)NC1CCN(c2ncccc2F)C1.I. The predicted octanol–water partition coefficient (Wildman–Crippen LogP) is 2.96. The highest BCUT2D eigenvalue weighted by Crippen LogP contribution is 2.23. The summed E-state index contributed by atoms with van der Waals surface area (Å²) in [5.74, 6) is 0.914. The minimum Gasteiger partial charge on any atom is -0.379 e. The number of guanidine groups is 1. The highest BCUT2D eigenvalue weighted by molar-refractivity contribution is 14.0. The van der Waals surface area contributed by atoms with E-state index in [1.54, 1.807) is 19.3 Å². The van der Waals surface area contributed by atoms with Crippen LogP contribution in [-0.4, -0.2) is 74.9 Å². The first kappa shape index (κ1) is 25.6. The molecule has 0 bridgehead atoms. The second-order valence-corrected chi connectivity index (χ2v) is 8.41. The maximum atomic E-state index is 14.1. The van der Waals surface area contributed by atoms with Crippen molar-refractivity contribution in [2.75, 3.05) is 57.9 Å². The predicted molar refractivity (Wildman–Crippen MR) is 141 cm³/mol. The molecule has 2 fully saturated rings. The number of aliphatic imine (C=N–C) groups is 1. The van der Waals surface area contributed by atoms with Gasteiger partial charge in [0, 0.05) is 52.0 Å². The summed E-state index contributed by atoms with van der Waals surface area (Å²) in [5, 5.41) is 7.03. The zero-order valence-corrected chi connectivity index (χ0v) is 21.7. The van der Waals surface area contributed by atoms with E-state index in [1.165, 1.54) is 17.2 Å². The van der Waals surface area contributed by atoms with E-state index in [1.807, 2.05) is 4.90 Å². The lowest BCUT2D eigenvalue weighted by Crippen LogP contribution is -2.49. The Bertz CT molecular complexity index is 906. The van der Waals surface area contributed by atoms with Gasteiger partial charge in [0.15, 0.2) is 17.6 Å². The Morgan fingerprint density at radius 2 is 1.97 bits per heavy atom. The van der Waals surface area contributed by atoms with Crippen molar-refractivity contribution in [2.45, 2.75) is 25.4 Å².